The second-order valence-electron chi connectivity index (χ2n) is 5.66. The van der Waals surface area contributed by atoms with Crippen molar-refractivity contribution in [2.75, 3.05) is 20.2 Å². The lowest BCUT2D eigenvalue weighted by Crippen LogP contribution is -2.27. The molecule has 1 aliphatic heterocycles. The minimum absolute atomic E-state index is 0.113. The number of hydrogen-bond acceptors (Lipinski definition) is 3. The monoisotopic (exact) mass is 311 g/mol. The average Bonchev–Trinajstić information content (AvgIpc) is 3.14. The average molecular weight is 311 g/mol. The summed E-state index contributed by atoms with van der Waals surface area (Å²) in [7, 11) is 1.65. The van der Waals surface area contributed by atoms with Crippen LogP contribution < -0.4 is 9.47 Å². The van der Waals surface area contributed by atoms with Gasteiger partial charge in [-0.15, -0.1) is 0 Å². The molecule has 0 unspecified atom stereocenters. The van der Waals surface area contributed by atoms with Crippen LogP contribution in [0.15, 0.2) is 48.5 Å². The van der Waals surface area contributed by atoms with Gasteiger partial charge in [0.15, 0.2) is 0 Å². The van der Waals surface area contributed by atoms with E-state index >= 15 is 0 Å². The molecule has 0 aromatic heterocycles. The molecule has 23 heavy (non-hydrogen) atoms. The van der Waals surface area contributed by atoms with Gasteiger partial charge in [0.05, 0.1) is 7.11 Å². The molecule has 1 amide bonds. The lowest BCUT2D eigenvalue weighted by atomic mass is 10.2. The molecule has 2 aromatic rings. The highest BCUT2D eigenvalue weighted by molar-refractivity contribution is 5.94. The van der Waals surface area contributed by atoms with Crippen LogP contribution in [-0.4, -0.2) is 31.0 Å². The SMILES string of the molecule is COc1cccc(COc2ccc(C(=O)N3CCCC3)cc2)c1. The first kappa shape index (κ1) is 15.4. The summed E-state index contributed by atoms with van der Waals surface area (Å²) in [6.07, 6.45) is 2.21. The summed E-state index contributed by atoms with van der Waals surface area (Å²) in [6, 6.07) is 15.2. The molecule has 0 atom stereocenters. The van der Waals surface area contributed by atoms with Crippen LogP contribution in [0.3, 0.4) is 0 Å². The first-order chi connectivity index (χ1) is 11.3. The fraction of sp³-hybridized carbons (Fsp3) is 0.316. The zero-order chi connectivity index (χ0) is 16.1. The number of nitrogens with zero attached hydrogens (tertiary/aromatic N) is 1. The first-order valence-electron chi connectivity index (χ1n) is 7.91. The molecule has 120 valence electrons. The molecule has 4 heteroatoms. The molecule has 0 N–H and O–H groups in total. The molecule has 0 spiro atoms. The Morgan fingerprint density at radius 2 is 1.78 bits per heavy atom. The van der Waals surface area contributed by atoms with Crippen molar-refractivity contribution in [1.82, 2.24) is 4.90 Å². The zero-order valence-electron chi connectivity index (χ0n) is 13.3. The van der Waals surface area contributed by atoms with Gasteiger partial charge in [-0.05, 0) is 54.8 Å². The van der Waals surface area contributed by atoms with Gasteiger partial charge in [-0.1, -0.05) is 12.1 Å². The number of carbonyl (C=O) groups is 1. The Labute approximate surface area is 136 Å². The third-order valence-corrected chi connectivity index (χ3v) is 4.03. The van der Waals surface area contributed by atoms with Gasteiger partial charge in [0.1, 0.15) is 18.1 Å². The van der Waals surface area contributed by atoms with Crippen LogP contribution in [0.4, 0.5) is 0 Å². The Morgan fingerprint density at radius 1 is 1.04 bits per heavy atom. The van der Waals surface area contributed by atoms with E-state index in [9.17, 15) is 4.79 Å². The van der Waals surface area contributed by atoms with E-state index in [4.69, 9.17) is 9.47 Å². The van der Waals surface area contributed by atoms with E-state index in [0.717, 1.165) is 48.6 Å². The number of hydrogen-bond donors (Lipinski definition) is 0. The standard InChI is InChI=1S/C19H21NO3/c1-22-18-6-4-5-15(13-18)14-23-17-9-7-16(8-10-17)19(21)20-11-2-3-12-20/h4-10,13H,2-3,11-12,14H2,1H3. The molecule has 3 rings (SSSR count). The van der Waals surface area contributed by atoms with Crippen molar-refractivity contribution >= 4 is 5.91 Å². The highest BCUT2D eigenvalue weighted by Gasteiger charge is 2.19. The maximum atomic E-state index is 12.3. The number of ether oxygens (including phenoxy) is 2. The van der Waals surface area contributed by atoms with Crippen molar-refractivity contribution in [3.8, 4) is 11.5 Å². The molecule has 0 radical (unpaired) electrons. The summed E-state index contributed by atoms with van der Waals surface area (Å²) in [6.45, 7) is 2.20. The van der Waals surface area contributed by atoms with E-state index in [0.29, 0.717) is 6.61 Å². The van der Waals surface area contributed by atoms with Crippen LogP contribution >= 0.6 is 0 Å². The summed E-state index contributed by atoms with van der Waals surface area (Å²) in [5.41, 5.74) is 1.77. The lowest BCUT2D eigenvalue weighted by molar-refractivity contribution is 0.0793. The maximum Gasteiger partial charge on any atom is 0.253 e. The van der Waals surface area contributed by atoms with Gasteiger partial charge >= 0.3 is 0 Å². The molecule has 1 saturated heterocycles. The molecule has 1 aliphatic rings. The van der Waals surface area contributed by atoms with E-state index < -0.39 is 0 Å². The quantitative estimate of drug-likeness (QED) is 0.848. The van der Waals surface area contributed by atoms with Gasteiger partial charge in [0, 0.05) is 18.7 Å². The molecule has 0 saturated carbocycles. The lowest BCUT2D eigenvalue weighted by Gasteiger charge is -2.15. The van der Waals surface area contributed by atoms with Gasteiger partial charge < -0.3 is 14.4 Å². The molecular weight excluding hydrogens is 290 g/mol. The fourth-order valence-corrected chi connectivity index (χ4v) is 2.73. The minimum Gasteiger partial charge on any atom is -0.497 e. The van der Waals surface area contributed by atoms with E-state index in [1.165, 1.54) is 0 Å². The largest absolute Gasteiger partial charge is 0.497 e. The second kappa shape index (κ2) is 7.18. The molecular formula is C19H21NO3. The number of methoxy groups -OCH3 is 1. The molecule has 4 nitrogen and oxygen atoms in total. The summed E-state index contributed by atoms with van der Waals surface area (Å²) in [5.74, 6) is 1.69. The number of rotatable bonds is 5. The van der Waals surface area contributed by atoms with E-state index in [1.807, 2.05) is 53.4 Å². The highest BCUT2D eigenvalue weighted by atomic mass is 16.5. The Morgan fingerprint density at radius 3 is 2.48 bits per heavy atom. The molecule has 0 bridgehead atoms. The molecule has 0 aliphatic carbocycles. The maximum absolute atomic E-state index is 12.3. The van der Waals surface area contributed by atoms with Crippen molar-refractivity contribution < 1.29 is 14.3 Å². The van der Waals surface area contributed by atoms with Gasteiger partial charge in [-0.2, -0.15) is 0 Å². The van der Waals surface area contributed by atoms with Crippen LogP contribution in [-0.2, 0) is 6.61 Å². The van der Waals surface area contributed by atoms with Crippen molar-refractivity contribution in [2.45, 2.75) is 19.4 Å². The van der Waals surface area contributed by atoms with Crippen molar-refractivity contribution in [3.63, 3.8) is 0 Å². The topological polar surface area (TPSA) is 38.8 Å². The van der Waals surface area contributed by atoms with Crippen LogP contribution in [0.25, 0.3) is 0 Å². The predicted octanol–water partition coefficient (Wildman–Crippen LogP) is 3.51. The van der Waals surface area contributed by atoms with Gasteiger partial charge in [0.2, 0.25) is 0 Å². The summed E-state index contributed by atoms with van der Waals surface area (Å²) >= 11 is 0. The Kier molecular flexibility index (Phi) is 4.81. The van der Waals surface area contributed by atoms with Crippen LogP contribution in [0.2, 0.25) is 0 Å². The zero-order valence-corrected chi connectivity index (χ0v) is 13.3. The van der Waals surface area contributed by atoms with Crippen molar-refractivity contribution in [2.24, 2.45) is 0 Å². The Bertz CT molecular complexity index is 661. The number of likely N-dealkylation sites (tertiary alicyclic amines) is 1. The summed E-state index contributed by atoms with van der Waals surface area (Å²) < 4.78 is 11.0. The van der Waals surface area contributed by atoms with Gasteiger partial charge in [0.25, 0.3) is 5.91 Å². The number of carbonyl (C=O) groups excluding carboxylic acids is 1. The van der Waals surface area contributed by atoms with Gasteiger partial charge in [-0.3, -0.25) is 4.79 Å². The van der Waals surface area contributed by atoms with Crippen LogP contribution in [0, 0.1) is 0 Å². The van der Waals surface area contributed by atoms with E-state index in [-0.39, 0.29) is 5.91 Å². The third kappa shape index (κ3) is 3.83. The molecule has 1 heterocycles. The van der Waals surface area contributed by atoms with E-state index in [1.54, 1.807) is 7.11 Å². The minimum atomic E-state index is 0.113. The van der Waals surface area contributed by atoms with Crippen molar-refractivity contribution in [3.05, 3.63) is 59.7 Å². The number of benzene rings is 2. The summed E-state index contributed by atoms with van der Waals surface area (Å²) in [4.78, 5) is 14.2. The Balaban J connectivity index is 1.59. The predicted molar refractivity (Wildman–Crippen MR) is 88.9 cm³/mol. The van der Waals surface area contributed by atoms with E-state index in [2.05, 4.69) is 0 Å². The van der Waals surface area contributed by atoms with Crippen LogP contribution in [0.1, 0.15) is 28.8 Å². The Hall–Kier alpha value is -2.49. The van der Waals surface area contributed by atoms with Crippen LogP contribution in [0.5, 0.6) is 11.5 Å². The molecule has 2 aromatic carbocycles. The van der Waals surface area contributed by atoms with Gasteiger partial charge in [-0.25, -0.2) is 0 Å². The summed E-state index contributed by atoms with van der Waals surface area (Å²) in [5, 5.41) is 0. The number of amides is 1. The van der Waals surface area contributed by atoms with Crippen molar-refractivity contribution in [1.29, 1.82) is 0 Å². The second-order valence-corrected chi connectivity index (χ2v) is 5.66. The third-order valence-electron chi connectivity index (χ3n) is 4.03. The smallest absolute Gasteiger partial charge is 0.253 e. The normalized spacial score (nSPS) is 13.9. The molecule has 1 fully saturated rings. The highest BCUT2D eigenvalue weighted by Crippen LogP contribution is 2.19. The fourth-order valence-electron chi connectivity index (χ4n) is 2.73. The first-order valence-corrected chi connectivity index (χ1v) is 7.91.